The highest BCUT2D eigenvalue weighted by Gasteiger charge is 2.09. The lowest BCUT2D eigenvalue weighted by Gasteiger charge is -2.04. The van der Waals surface area contributed by atoms with Crippen molar-refractivity contribution in [1.82, 2.24) is 10.2 Å². The molecule has 0 atom stereocenters. The van der Waals surface area contributed by atoms with Crippen molar-refractivity contribution in [2.75, 3.05) is 5.32 Å². The first kappa shape index (κ1) is 19.2. The predicted molar refractivity (Wildman–Crippen MR) is 119 cm³/mol. The molecule has 0 aliphatic rings. The summed E-state index contributed by atoms with van der Waals surface area (Å²) < 4.78 is 1.30. The van der Waals surface area contributed by atoms with Gasteiger partial charge in [-0.05, 0) is 36.6 Å². The van der Waals surface area contributed by atoms with Gasteiger partial charge in [-0.25, -0.2) is 0 Å². The number of benzene rings is 2. The molecule has 2 aromatic carbocycles. The number of unbranched alkanes of at least 4 members (excludes halogenated alkanes) is 1. The molecule has 0 saturated carbocycles. The molecule has 0 aliphatic carbocycles. The Morgan fingerprint density at radius 2 is 1.81 bits per heavy atom. The van der Waals surface area contributed by atoms with Crippen molar-refractivity contribution in [2.24, 2.45) is 0 Å². The molecule has 2 heterocycles. The van der Waals surface area contributed by atoms with E-state index in [4.69, 9.17) is 0 Å². The molecule has 0 spiro atoms. The number of aromatic amines is 1. The van der Waals surface area contributed by atoms with Gasteiger partial charge in [-0.2, -0.15) is 5.10 Å². The highest BCUT2D eigenvalue weighted by Crippen LogP contribution is 2.33. The summed E-state index contributed by atoms with van der Waals surface area (Å²) in [5.74, 6) is 0.839. The molecule has 140 valence electrons. The molecule has 27 heavy (non-hydrogen) atoms. The van der Waals surface area contributed by atoms with Gasteiger partial charge in [0.1, 0.15) is 0 Å². The largest absolute Gasteiger partial charge is 0.339 e. The van der Waals surface area contributed by atoms with Crippen molar-refractivity contribution in [3.05, 3.63) is 65.5 Å². The number of rotatable bonds is 6. The Kier molecular flexibility index (Phi) is 6.66. The van der Waals surface area contributed by atoms with Crippen LogP contribution >= 0.6 is 11.3 Å². The number of anilines is 2. The Bertz CT molecular complexity index is 967. The summed E-state index contributed by atoms with van der Waals surface area (Å²) >= 11 is 1.76. The Morgan fingerprint density at radius 3 is 2.59 bits per heavy atom. The van der Waals surface area contributed by atoms with E-state index in [2.05, 4.69) is 82.4 Å². The van der Waals surface area contributed by atoms with Crippen LogP contribution in [0, 0.1) is 0 Å². The normalized spacial score (nSPS) is 10.5. The summed E-state index contributed by atoms with van der Waals surface area (Å²) in [6.45, 7) is 6.22. The molecule has 4 aromatic rings. The van der Waals surface area contributed by atoms with Gasteiger partial charge in [-0.1, -0.05) is 57.5 Å². The van der Waals surface area contributed by atoms with Crippen LogP contribution in [0.5, 0.6) is 0 Å². The number of aromatic nitrogens is 2. The second kappa shape index (κ2) is 9.38. The van der Waals surface area contributed by atoms with Crippen molar-refractivity contribution in [2.45, 2.75) is 40.0 Å². The average molecular weight is 378 g/mol. The predicted octanol–water partition coefficient (Wildman–Crippen LogP) is 7.40. The van der Waals surface area contributed by atoms with Crippen LogP contribution in [-0.2, 0) is 6.42 Å². The third kappa shape index (κ3) is 4.58. The van der Waals surface area contributed by atoms with E-state index in [0.717, 1.165) is 23.6 Å². The molecular formula is C23H27N3S. The average Bonchev–Trinajstić information content (AvgIpc) is 3.35. The summed E-state index contributed by atoms with van der Waals surface area (Å²) in [4.78, 5) is 0. The van der Waals surface area contributed by atoms with E-state index in [0.29, 0.717) is 0 Å². The zero-order valence-corrected chi connectivity index (χ0v) is 17.1. The molecule has 0 saturated heterocycles. The van der Waals surface area contributed by atoms with Crippen molar-refractivity contribution >= 4 is 32.9 Å². The van der Waals surface area contributed by atoms with Crippen LogP contribution in [0.2, 0.25) is 0 Å². The van der Waals surface area contributed by atoms with E-state index in [1.165, 1.54) is 34.1 Å². The molecule has 4 rings (SSSR count). The number of nitrogens with zero attached hydrogens (tertiary/aromatic N) is 1. The topological polar surface area (TPSA) is 40.7 Å². The lowest BCUT2D eigenvalue weighted by Crippen LogP contribution is -1.91. The van der Waals surface area contributed by atoms with Gasteiger partial charge in [0.05, 0.1) is 5.69 Å². The van der Waals surface area contributed by atoms with E-state index in [9.17, 15) is 0 Å². The van der Waals surface area contributed by atoms with E-state index >= 15 is 0 Å². The van der Waals surface area contributed by atoms with E-state index < -0.39 is 0 Å². The zero-order chi connectivity index (χ0) is 19.1. The zero-order valence-electron chi connectivity index (χ0n) is 16.3. The Labute approximate surface area is 165 Å². The second-order valence-corrected chi connectivity index (χ2v) is 7.15. The molecule has 0 aliphatic heterocycles. The molecule has 4 heteroatoms. The van der Waals surface area contributed by atoms with Gasteiger partial charge < -0.3 is 5.32 Å². The highest BCUT2D eigenvalue weighted by molar-refractivity contribution is 7.17. The SMILES string of the molecule is CC.CCCCc1ccc(Nc2cc(-c3csc4ccccc34)[nH]n2)cc1. The van der Waals surface area contributed by atoms with Gasteiger partial charge in [0.25, 0.3) is 0 Å². The maximum Gasteiger partial charge on any atom is 0.152 e. The van der Waals surface area contributed by atoms with Gasteiger partial charge in [0.2, 0.25) is 0 Å². The van der Waals surface area contributed by atoms with Crippen molar-refractivity contribution in [3.63, 3.8) is 0 Å². The minimum atomic E-state index is 0.839. The Morgan fingerprint density at radius 1 is 1.04 bits per heavy atom. The fraction of sp³-hybridized carbons (Fsp3) is 0.261. The van der Waals surface area contributed by atoms with Gasteiger partial charge in [0, 0.05) is 32.8 Å². The molecule has 2 aromatic heterocycles. The molecule has 0 amide bonds. The van der Waals surface area contributed by atoms with Gasteiger partial charge in [0.15, 0.2) is 5.82 Å². The summed E-state index contributed by atoms with van der Waals surface area (Å²) in [5, 5.41) is 14.4. The number of hydrogen-bond acceptors (Lipinski definition) is 3. The molecular weight excluding hydrogens is 350 g/mol. The molecule has 2 N–H and O–H groups in total. The number of nitrogens with one attached hydrogen (secondary N) is 2. The van der Waals surface area contributed by atoms with Gasteiger partial charge in [-0.3, -0.25) is 5.10 Å². The highest BCUT2D eigenvalue weighted by atomic mass is 32.1. The first-order valence-electron chi connectivity index (χ1n) is 9.71. The molecule has 0 radical (unpaired) electrons. The third-order valence-corrected chi connectivity index (χ3v) is 5.36. The number of aryl methyl sites for hydroxylation is 1. The number of hydrogen-bond donors (Lipinski definition) is 2. The Hall–Kier alpha value is -2.59. The summed E-state index contributed by atoms with van der Waals surface area (Å²) in [6.07, 6.45) is 3.62. The van der Waals surface area contributed by atoms with Crippen molar-refractivity contribution < 1.29 is 0 Å². The quantitative estimate of drug-likeness (QED) is 0.367. The van der Waals surface area contributed by atoms with Crippen molar-refractivity contribution in [3.8, 4) is 11.3 Å². The van der Waals surface area contributed by atoms with Gasteiger partial charge >= 0.3 is 0 Å². The second-order valence-electron chi connectivity index (χ2n) is 6.24. The minimum absolute atomic E-state index is 0.839. The van der Waals surface area contributed by atoms with Crippen LogP contribution in [0.1, 0.15) is 39.2 Å². The molecule has 0 fully saturated rings. The fourth-order valence-electron chi connectivity index (χ4n) is 2.99. The fourth-order valence-corrected chi connectivity index (χ4v) is 3.95. The number of H-pyrrole nitrogens is 1. The first-order valence-corrected chi connectivity index (χ1v) is 10.6. The van der Waals surface area contributed by atoms with E-state index in [1.54, 1.807) is 11.3 Å². The summed E-state index contributed by atoms with van der Waals surface area (Å²) in [5.41, 5.74) is 4.70. The maximum absolute atomic E-state index is 4.41. The third-order valence-electron chi connectivity index (χ3n) is 4.39. The van der Waals surface area contributed by atoms with Crippen LogP contribution in [0.4, 0.5) is 11.5 Å². The molecule has 3 nitrogen and oxygen atoms in total. The number of fused-ring (bicyclic) bond motifs is 1. The van der Waals surface area contributed by atoms with Crippen LogP contribution in [0.25, 0.3) is 21.3 Å². The van der Waals surface area contributed by atoms with Crippen molar-refractivity contribution in [1.29, 1.82) is 0 Å². The first-order chi connectivity index (χ1) is 13.3. The van der Waals surface area contributed by atoms with Crippen LogP contribution in [-0.4, -0.2) is 10.2 Å². The van der Waals surface area contributed by atoms with Crippen LogP contribution < -0.4 is 5.32 Å². The summed E-state index contributed by atoms with van der Waals surface area (Å²) in [6, 6.07) is 19.2. The number of thiophene rings is 1. The molecule has 0 unspecified atom stereocenters. The monoisotopic (exact) mass is 377 g/mol. The van der Waals surface area contributed by atoms with Crippen LogP contribution in [0.3, 0.4) is 0 Å². The molecule has 0 bridgehead atoms. The van der Waals surface area contributed by atoms with E-state index in [-0.39, 0.29) is 0 Å². The summed E-state index contributed by atoms with van der Waals surface area (Å²) in [7, 11) is 0. The Balaban J connectivity index is 0.00000102. The smallest absolute Gasteiger partial charge is 0.152 e. The standard InChI is InChI=1S/C21H21N3S.C2H6/c1-2-3-6-15-9-11-16(12-10-15)22-21-13-19(23-24-21)18-14-25-20-8-5-4-7-17(18)20;1-2/h4-5,7-14H,2-3,6H2,1H3,(H2,22,23,24);1-2H3. The van der Waals surface area contributed by atoms with E-state index in [1.807, 2.05) is 13.8 Å². The maximum atomic E-state index is 4.41. The lowest BCUT2D eigenvalue weighted by molar-refractivity contribution is 0.795. The lowest BCUT2D eigenvalue weighted by atomic mass is 10.1. The minimum Gasteiger partial charge on any atom is -0.339 e. The van der Waals surface area contributed by atoms with Gasteiger partial charge in [-0.15, -0.1) is 11.3 Å². The van der Waals surface area contributed by atoms with Crippen LogP contribution in [0.15, 0.2) is 60.0 Å².